The number of nitrogens with zero attached hydrogens (tertiary/aromatic N) is 1. The third-order valence-electron chi connectivity index (χ3n) is 4.24. The van der Waals surface area contributed by atoms with Crippen LogP contribution in [-0.2, 0) is 0 Å². The molecule has 6 heteroatoms. The maximum atomic E-state index is 12.4. The van der Waals surface area contributed by atoms with Crippen molar-refractivity contribution in [1.29, 1.82) is 5.26 Å². The zero-order valence-electron chi connectivity index (χ0n) is 14.7. The second-order valence-electron chi connectivity index (χ2n) is 6.12. The van der Waals surface area contributed by atoms with Gasteiger partial charge in [0.15, 0.2) is 0 Å². The van der Waals surface area contributed by atoms with Crippen molar-refractivity contribution in [2.24, 2.45) is 5.73 Å². The highest BCUT2D eigenvalue weighted by molar-refractivity contribution is 5.54. The van der Waals surface area contributed by atoms with Crippen LogP contribution >= 0.6 is 0 Å². The van der Waals surface area contributed by atoms with Crippen molar-refractivity contribution < 1.29 is 13.9 Å². The predicted octanol–water partition coefficient (Wildman–Crippen LogP) is 3.35. The number of benzene rings is 1. The number of hydrogen-bond acceptors (Lipinski definition) is 6. The first kappa shape index (κ1) is 17.6. The fourth-order valence-corrected chi connectivity index (χ4v) is 2.94. The Balaban J connectivity index is 2.03. The van der Waals surface area contributed by atoms with Gasteiger partial charge in [-0.05, 0) is 31.0 Å². The molecule has 1 atom stereocenters. The molecule has 3 rings (SSSR count). The molecule has 134 valence electrons. The standard InChI is InChI=1S/C20H20N2O4/c1-3-4-9-24-14-7-5-13(6-8-14)17-15(11-21)19(22)26-16-10-12(2)25-20(23)18(16)17/h5-8,10,17H,3-4,9,22H2,1-2H3. The van der Waals surface area contributed by atoms with Crippen LogP contribution in [0.2, 0.25) is 0 Å². The van der Waals surface area contributed by atoms with Crippen molar-refractivity contribution in [1.82, 2.24) is 0 Å². The van der Waals surface area contributed by atoms with E-state index in [2.05, 4.69) is 13.0 Å². The molecule has 1 aromatic heterocycles. The Kier molecular flexibility index (Phi) is 4.99. The summed E-state index contributed by atoms with van der Waals surface area (Å²) in [6.07, 6.45) is 2.04. The number of unbranched alkanes of at least 4 members (excludes halogenated alkanes) is 1. The highest BCUT2D eigenvalue weighted by Gasteiger charge is 2.34. The minimum atomic E-state index is -0.634. The minimum Gasteiger partial charge on any atom is -0.494 e. The normalized spacial score (nSPS) is 15.8. The van der Waals surface area contributed by atoms with E-state index in [1.54, 1.807) is 13.0 Å². The molecule has 0 spiro atoms. The molecule has 6 nitrogen and oxygen atoms in total. The quantitative estimate of drug-likeness (QED) is 0.829. The molecule has 0 fully saturated rings. The van der Waals surface area contributed by atoms with Gasteiger partial charge in [-0.2, -0.15) is 5.26 Å². The second-order valence-corrected chi connectivity index (χ2v) is 6.12. The molecule has 1 unspecified atom stereocenters. The van der Waals surface area contributed by atoms with Crippen LogP contribution in [0.15, 0.2) is 51.0 Å². The molecular weight excluding hydrogens is 332 g/mol. The molecule has 0 bridgehead atoms. The van der Waals surface area contributed by atoms with Gasteiger partial charge in [0.2, 0.25) is 5.88 Å². The van der Waals surface area contributed by atoms with Gasteiger partial charge in [-0.25, -0.2) is 4.79 Å². The zero-order chi connectivity index (χ0) is 18.7. The SMILES string of the molecule is CCCCOc1ccc(C2C(C#N)=C(N)Oc3cc(C)oc(=O)c32)cc1. The number of fused-ring (bicyclic) bond motifs is 1. The average molecular weight is 352 g/mol. The van der Waals surface area contributed by atoms with Gasteiger partial charge in [0.05, 0.1) is 18.1 Å². The van der Waals surface area contributed by atoms with Crippen LogP contribution in [0.3, 0.4) is 0 Å². The van der Waals surface area contributed by atoms with E-state index in [9.17, 15) is 10.1 Å². The van der Waals surface area contributed by atoms with Crippen LogP contribution in [0.25, 0.3) is 0 Å². The molecule has 1 aliphatic rings. The Morgan fingerprint density at radius 2 is 2.04 bits per heavy atom. The summed E-state index contributed by atoms with van der Waals surface area (Å²) in [4.78, 5) is 12.4. The topological polar surface area (TPSA) is 98.5 Å². The summed E-state index contributed by atoms with van der Waals surface area (Å²) in [7, 11) is 0. The van der Waals surface area contributed by atoms with Gasteiger partial charge in [-0.15, -0.1) is 0 Å². The van der Waals surface area contributed by atoms with Crippen LogP contribution in [0, 0.1) is 18.3 Å². The van der Waals surface area contributed by atoms with Gasteiger partial charge in [0.1, 0.15) is 28.9 Å². The van der Waals surface area contributed by atoms with Gasteiger partial charge < -0.3 is 19.6 Å². The molecule has 2 heterocycles. The van der Waals surface area contributed by atoms with Crippen LogP contribution < -0.4 is 20.8 Å². The minimum absolute atomic E-state index is 0.00160. The lowest BCUT2D eigenvalue weighted by molar-refractivity contribution is 0.309. The summed E-state index contributed by atoms with van der Waals surface area (Å²) in [6.45, 7) is 4.40. The molecule has 0 saturated heterocycles. The first-order valence-corrected chi connectivity index (χ1v) is 8.50. The number of allylic oxidation sites excluding steroid dienone is 1. The number of hydrogen-bond donors (Lipinski definition) is 1. The number of nitriles is 1. The lowest BCUT2D eigenvalue weighted by Gasteiger charge is -2.25. The number of ether oxygens (including phenoxy) is 2. The van der Waals surface area contributed by atoms with Crippen LogP contribution in [0.1, 0.15) is 42.6 Å². The van der Waals surface area contributed by atoms with Crippen LogP contribution in [-0.4, -0.2) is 6.61 Å². The van der Waals surface area contributed by atoms with E-state index >= 15 is 0 Å². The summed E-state index contributed by atoms with van der Waals surface area (Å²) < 4.78 is 16.4. The Bertz CT molecular complexity index is 936. The Morgan fingerprint density at radius 1 is 1.31 bits per heavy atom. The lowest BCUT2D eigenvalue weighted by Crippen LogP contribution is -2.26. The fraction of sp³-hybridized carbons (Fsp3) is 0.300. The van der Waals surface area contributed by atoms with Crippen molar-refractivity contribution in [3.8, 4) is 17.6 Å². The van der Waals surface area contributed by atoms with E-state index in [0.717, 1.165) is 24.2 Å². The Hall–Kier alpha value is -3.20. The molecule has 2 aromatic rings. The summed E-state index contributed by atoms with van der Waals surface area (Å²) in [5.41, 5.74) is 6.60. The monoisotopic (exact) mass is 352 g/mol. The molecule has 2 N–H and O–H groups in total. The van der Waals surface area contributed by atoms with E-state index in [0.29, 0.717) is 18.1 Å². The molecule has 0 saturated carbocycles. The van der Waals surface area contributed by atoms with Gasteiger partial charge in [0, 0.05) is 6.07 Å². The maximum absolute atomic E-state index is 12.4. The summed E-state index contributed by atoms with van der Waals surface area (Å²) in [5.74, 6) is 0.841. The number of aryl methyl sites for hydroxylation is 1. The average Bonchev–Trinajstić information content (AvgIpc) is 2.61. The molecule has 0 amide bonds. The molecule has 0 aliphatic carbocycles. The maximum Gasteiger partial charge on any atom is 0.343 e. The lowest BCUT2D eigenvalue weighted by atomic mass is 9.84. The highest BCUT2D eigenvalue weighted by Crippen LogP contribution is 2.40. The van der Waals surface area contributed by atoms with Crippen molar-refractivity contribution in [2.75, 3.05) is 6.61 Å². The van der Waals surface area contributed by atoms with Crippen molar-refractivity contribution in [3.05, 3.63) is 69.1 Å². The molecule has 26 heavy (non-hydrogen) atoms. The third kappa shape index (κ3) is 3.29. The van der Waals surface area contributed by atoms with E-state index in [-0.39, 0.29) is 17.0 Å². The molecule has 1 aliphatic heterocycles. The Labute approximate surface area is 151 Å². The van der Waals surface area contributed by atoms with Crippen molar-refractivity contribution >= 4 is 0 Å². The largest absolute Gasteiger partial charge is 0.494 e. The molecule has 0 radical (unpaired) electrons. The van der Waals surface area contributed by atoms with Crippen molar-refractivity contribution in [3.63, 3.8) is 0 Å². The summed E-state index contributed by atoms with van der Waals surface area (Å²) >= 11 is 0. The number of nitrogens with two attached hydrogens (primary N) is 1. The predicted molar refractivity (Wildman–Crippen MR) is 95.9 cm³/mol. The van der Waals surface area contributed by atoms with Gasteiger partial charge in [-0.1, -0.05) is 25.5 Å². The number of rotatable bonds is 5. The first-order valence-electron chi connectivity index (χ1n) is 8.50. The van der Waals surface area contributed by atoms with Gasteiger partial charge >= 0.3 is 5.63 Å². The summed E-state index contributed by atoms with van der Waals surface area (Å²) in [6, 6.07) is 11.0. The molecular formula is C20H20N2O4. The highest BCUT2D eigenvalue weighted by atomic mass is 16.5. The van der Waals surface area contributed by atoms with E-state index in [1.807, 2.05) is 24.3 Å². The van der Waals surface area contributed by atoms with Crippen LogP contribution in [0.4, 0.5) is 0 Å². The van der Waals surface area contributed by atoms with E-state index in [1.165, 1.54) is 0 Å². The Morgan fingerprint density at radius 3 is 2.69 bits per heavy atom. The first-order chi connectivity index (χ1) is 12.5. The smallest absolute Gasteiger partial charge is 0.343 e. The van der Waals surface area contributed by atoms with Crippen LogP contribution in [0.5, 0.6) is 11.5 Å². The van der Waals surface area contributed by atoms with E-state index < -0.39 is 11.5 Å². The third-order valence-corrected chi connectivity index (χ3v) is 4.24. The second kappa shape index (κ2) is 7.36. The van der Waals surface area contributed by atoms with E-state index in [4.69, 9.17) is 19.6 Å². The van der Waals surface area contributed by atoms with Gasteiger partial charge in [-0.3, -0.25) is 0 Å². The van der Waals surface area contributed by atoms with Gasteiger partial charge in [0.25, 0.3) is 0 Å². The fourth-order valence-electron chi connectivity index (χ4n) is 2.94. The summed E-state index contributed by atoms with van der Waals surface area (Å²) in [5, 5.41) is 9.54. The molecule has 1 aromatic carbocycles. The van der Waals surface area contributed by atoms with Crippen molar-refractivity contribution in [2.45, 2.75) is 32.6 Å². The zero-order valence-corrected chi connectivity index (χ0v) is 14.7.